The Bertz CT molecular complexity index is 599. The molecule has 0 radical (unpaired) electrons. The molecule has 3 rings (SSSR count). The van der Waals surface area contributed by atoms with E-state index in [2.05, 4.69) is 27.2 Å². The fourth-order valence-electron chi connectivity index (χ4n) is 3.05. The minimum atomic E-state index is 0.162. The van der Waals surface area contributed by atoms with E-state index in [0.717, 1.165) is 25.3 Å². The Hall–Kier alpha value is -1.73. The highest BCUT2D eigenvalue weighted by Gasteiger charge is 2.36. The number of nitrogens with zero attached hydrogens (tertiary/aromatic N) is 6. The molecule has 0 spiro atoms. The second-order valence-electron chi connectivity index (χ2n) is 5.79. The van der Waals surface area contributed by atoms with Gasteiger partial charge in [0.25, 0.3) is 0 Å². The van der Waals surface area contributed by atoms with E-state index in [1.807, 2.05) is 31.2 Å². The molecule has 0 aromatic carbocycles. The first-order valence-electron chi connectivity index (χ1n) is 7.17. The molecule has 0 bridgehead atoms. The monoisotopic (exact) mass is 290 g/mol. The number of aryl methyl sites for hydroxylation is 3. The van der Waals surface area contributed by atoms with Crippen molar-refractivity contribution in [3.8, 4) is 0 Å². The van der Waals surface area contributed by atoms with Crippen LogP contribution in [-0.4, -0.2) is 56.0 Å². The molecule has 0 N–H and O–H groups in total. The minimum Gasteiger partial charge on any atom is -0.379 e. The lowest BCUT2D eigenvalue weighted by Gasteiger charge is -2.16. The van der Waals surface area contributed by atoms with Crippen LogP contribution in [0.15, 0.2) is 12.4 Å². The number of methoxy groups -OCH3 is 1. The van der Waals surface area contributed by atoms with Crippen LogP contribution >= 0.6 is 0 Å². The maximum atomic E-state index is 5.66. The van der Waals surface area contributed by atoms with Crippen LogP contribution in [0.3, 0.4) is 0 Å². The Balaban J connectivity index is 1.75. The van der Waals surface area contributed by atoms with Gasteiger partial charge in [-0.25, -0.2) is 0 Å². The second-order valence-corrected chi connectivity index (χ2v) is 5.79. The Morgan fingerprint density at radius 1 is 1.33 bits per heavy atom. The topological polar surface area (TPSA) is 61.0 Å². The van der Waals surface area contributed by atoms with Gasteiger partial charge in [-0.1, -0.05) is 5.21 Å². The number of hydrogen-bond donors (Lipinski definition) is 0. The van der Waals surface area contributed by atoms with Gasteiger partial charge in [0.15, 0.2) is 0 Å². The average molecular weight is 290 g/mol. The van der Waals surface area contributed by atoms with Crippen molar-refractivity contribution >= 4 is 0 Å². The maximum Gasteiger partial charge on any atom is 0.0897 e. The van der Waals surface area contributed by atoms with Crippen molar-refractivity contribution in [1.82, 2.24) is 29.7 Å². The van der Waals surface area contributed by atoms with E-state index in [1.165, 1.54) is 11.3 Å². The van der Waals surface area contributed by atoms with Crippen molar-refractivity contribution in [2.75, 3.05) is 20.2 Å². The van der Waals surface area contributed by atoms with Gasteiger partial charge >= 0.3 is 0 Å². The third-order valence-electron chi connectivity index (χ3n) is 4.29. The molecule has 114 valence electrons. The van der Waals surface area contributed by atoms with Gasteiger partial charge in [-0.05, 0) is 12.5 Å². The molecule has 0 amide bonds. The van der Waals surface area contributed by atoms with E-state index < -0.39 is 0 Å². The van der Waals surface area contributed by atoms with E-state index in [4.69, 9.17) is 4.74 Å². The first-order valence-corrected chi connectivity index (χ1v) is 7.17. The highest BCUT2D eigenvalue weighted by atomic mass is 16.5. The molecule has 0 unspecified atom stereocenters. The van der Waals surface area contributed by atoms with Crippen molar-refractivity contribution in [2.45, 2.75) is 25.5 Å². The summed E-state index contributed by atoms with van der Waals surface area (Å²) in [6.07, 6.45) is 4.06. The van der Waals surface area contributed by atoms with Crippen LogP contribution in [0.5, 0.6) is 0 Å². The van der Waals surface area contributed by atoms with Crippen LogP contribution in [0.2, 0.25) is 0 Å². The number of hydrogen-bond acceptors (Lipinski definition) is 5. The molecule has 7 heteroatoms. The molecule has 2 aromatic heterocycles. The lowest BCUT2D eigenvalue weighted by atomic mass is 10.0. The van der Waals surface area contributed by atoms with Crippen LogP contribution in [0.4, 0.5) is 0 Å². The average Bonchev–Trinajstić information content (AvgIpc) is 3.14. The van der Waals surface area contributed by atoms with E-state index in [9.17, 15) is 0 Å². The van der Waals surface area contributed by atoms with Crippen molar-refractivity contribution in [3.63, 3.8) is 0 Å². The summed E-state index contributed by atoms with van der Waals surface area (Å²) in [6, 6.07) is 0. The molecule has 21 heavy (non-hydrogen) atoms. The summed E-state index contributed by atoms with van der Waals surface area (Å²) in [6.45, 7) is 4.83. The number of aromatic nitrogens is 5. The summed E-state index contributed by atoms with van der Waals surface area (Å²) in [5, 5.41) is 12.6. The quantitative estimate of drug-likeness (QED) is 0.819. The predicted octanol–water partition coefficient (Wildman–Crippen LogP) is 0.471. The van der Waals surface area contributed by atoms with Crippen LogP contribution in [-0.2, 0) is 25.4 Å². The predicted molar refractivity (Wildman–Crippen MR) is 77.8 cm³/mol. The van der Waals surface area contributed by atoms with Gasteiger partial charge in [-0.15, -0.1) is 5.10 Å². The fourth-order valence-corrected chi connectivity index (χ4v) is 3.05. The molecule has 1 aliphatic heterocycles. The van der Waals surface area contributed by atoms with Crippen LogP contribution in [0.25, 0.3) is 0 Å². The largest absolute Gasteiger partial charge is 0.379 e. The van der Waals surface area contributed by atoms with E-state index >= 15 is 0 Å². The summed E-state index contributed by atoms with van der Waals surface area (Å²) >= 11 is 0. The summed E-state index contributed by atoms with van der Waals surface area (Å²) < 4.78 is 9.35. The maximum absolute atomic E-state index is 5.66. The lowest BCUT2D eigenvalue weighted by Crippen LogP contribution is -2.24. The summed E-state index contributed by atoms with van der Waals surface area (Å²) in [5.41, 5.74) is 3.49. The van der Waals surface area contributed by atoms with Gasteiger partial charge in [0.05, 0.1) is 23.7 Å². The molecule has 3 heterocycles. The molecule has 1 aliphatic rings. The van der Waals surface area contributed by atoms with Gasteiger partial charge < -0.3 is 4.74 Å². The number of rotatable bonds is 4. The first-order chi connectivity index (χ1) is 10.1. The summed E-state index contributed by atoms with van der Waals surface area (Å²) in [7, 11) is 5.66. The highest BCUT2D eigenvalue weighted by Crippen LogP contribution is 2.29. The molecule has 0 saturated carbocycles. The van der Waals surface area contributed by atoms with Gasteiger partial charge in [0.2, 0.25) is 0 Å². The molecular formula is C14H22N6O. The second kappa shape index (κ2) is 5.57. The lowest BCUT2D eigenvalue weighted by molar-refractivity contribution is 0.0955. The molecule has 1 saturated heterocycles. The smallest absolute Gasteiger partial charge is 0.0897 e. The first kappa shape index (κ1) is 14.2. The molecule has 2 aromatic rings. The Morgan fingerprint density at radius 3 is 2.71 bits per heavy atom. The summed E-state index contributed by atoms with van der Waals surface area (Å²) in [5.74, 6) is 0.275. The zero-order valence-electron chi connectivity index (χ0n) is 13.0. The molecular weight excluding hydrogens is 268 g/mol. The Morgan fingerprint density at radius 2 is 2.14 bits per heavy atom. The Kier molecular flexibility index (Phi) is 3.77. The van der Waals surface area contributed by atoms with E-state index in [0.29, 0.717) is 0 Å². The molecule has 7 nitrogen and oxygen atoms in total. The zero-order chi connectivity index (χ0) is 15.0. The molecule has 1 fully saturated rings. The third kappa shape index (κ3) is 2.71. The minimum absolute atomic E-state index is 0.162. The van der Waals surface area contributed by atoms with E-state index in [-0.39, 0.29) is 12.0 Å². The normalized spacial score (nSPS) is 23.0. The van der Waals surface area contributed by atoms with Crippen molar-refractivity contribution in [3.05, 3.63) is 29.3 Å². The van der Waals surface area contributed by atoms with Gasteiger partial charge in [0.1, 0.15) is 0 Å². The standard InChI is InChI=1S/C14H22N6O/c1-10-5-15-19(3)13(10)8-20-6-11(14(9-20)21-4)12-7-18(2)17-16-12/h5,7,11,14H,6,8-9H2,1-4H3/t11-,14+/m0/s1. The van der Waals surface area contributed by atoms with Crippen LogP contribution in [0.1, 0.15) is 22.9 Å². The SMILES string of the molecule is CO[C@@H]1CN(Cc2c(C)cnn2C)C[C@H]1c1cn(C)nn1. The molecule has 2 atom stereocenters. The zero-order valence-corrected chi connectivity index (χ0v) is 13.0. The van der Waals surface area contributed by atoms with E-state index in [1.54, 1.807) is 11.8 Å². The van der Waals surface area contributed by atoms with Gasteiger partial charge in [-0.2, -0.15) is 5.10 Å². The number of likely N-dealkylation sites (tertiary alicyclic amines) is 1. The van der Waals surface area contributed by atoms with Crippen molar-refractivity contribution in [2.24, 2.45) is 14.1 Å². The van der Waals surface area contributed by atoms with Gasteiger partial charge in [-0.3, -0.25) is 14.3 Å². The summed E-state index contributed by atoms with van der Waals surface area (Å²) in [4.78, 5) is 2.40. The third-order valence-corrected chi connectivity index (χ3v) is 4.29. The Labute approximate surface area is 124 Å². The highest BCUT2D eigenvalue weighted by molar-refractivity contribution is 5.17. The van der Waals surface area contributed by atoms with Crippen molar-refractivity contribution in [1.29, 1.82) is 0 Å². The van der Waals surface area contributed by atoms with Crippen LogP contribution < -0.4 is 0 Å². The number of ether oxygens (including phenoxy) is 1. The van der Waals surface area contributed by atoms with Gasteiger partial charge in [0, 0.05) is 53.0 Å². The molecule has 0 aliphatic carbocycles. The van der Waals surface area contributed by atoms with Crippen LogP contribution in [0, 0.1) is 6.92 Å². The fraction of sp³-hybridized carbons (Fsp3) is 0.643. The van der Waals surface area contributed by atoms with Crippen molar-refractivity contribution < 1.29 is 4.74 Å².